The minimum atomic E-state index is 0.146. The molecule has 1 aromatic heterocycles. The predicted octanol–water partition coefficient (Wildman–Crippen LogP) is 2.66. The maximum atomic E-state index is 11.8. The number of nitrogens with two attached hydrogens (primary N) is 1. The van der Waals surface area contributed by atoms with E-state index in [1.165, 1.54) is 0 Å². The normalized spacial score (nSPS) is 10.9. The molecule has 1 aromatic carbocycles. The van der Waals surface area contributed by atoms with Crippen molar-refractivity contribution in [2.24, 2.45) is 5.73 Å². The van der Waals surface area contributed by atoms with Crippen LogP contribution in [0.1, 0.15) is 28.8 Å². The van der Waals surface area contributed by atoms with Crippen molar-refractivity contribution in [2.45, 2.75) is 19.8 Å². The maximum absolute atomic E-state index is 11.8. The lowest BCUT2D eigenvalue weighted by Crippen LogP contribution is -2.04. The number of ketones is 1. The molecule has 3 nitrogen and oxygen atoms in total. The molecule has 0 unspecified atom stereocenters. The van der Waals surface area contributed by atoms with Gasteiger partial charge < -0.3 is 10.2 Å². The van der Waals surface area contributed by atoms with E-state index >= 15 is 0 Å². The Kier molecular flexibility index (Phi) is 3.06. The number of Topliss-reactive ketones (excluding diaryl/α,β-unsaturated/α-hetero) is 1. The molecule has 0 amide bonds. The molecule has 3 heteroatoms. The summed E-state index contributed by atoms with van der Waals surface area (Å²) in [6, 6.07) is 5.55. The lowest BCUT2D eigenvalue weighted by molar-refractivity contribution is 0.0981. The van der Waals surface area contributed by atoms with Gasteiger partial charge in [0.05, 0.1) is 6.26 Å². The molecule has 2 N–H and O–H groups in total. The van der Waals surface area contributed by atoms with Crippen molar-refractivity contribution in [1.82, 2.24) is 0 Å². The zero-order chi connectivity index (χ0) is 11.5. The van der Waals surface area contributed by atoms with Crippen molar-refractivity contribution in [2.75, 3.05) is 6.54 Å². The first-order valence-electron chi connectivity index (χ1n) is 5.43. The first-order chi connectivity index (χ1) is 7.72. The van der Waals surface area contributed by atoms with E-state index in [9.17, 15) is 4.79 Å². The molecule has 0 spiro atoms. The van der Waals surface area contributed by atoms with Gasteiger partial charge in [-0.1, -0.05) is 0 Å². The molecule has 0 aliphatic carbocycles. The second-order valence-corrected chi connectivity index (χ2v) is 3.95. The van der Waals surface area contributed by atoms with Crippen LogP contribution in [-0.2, 0) is 0 Å². The van der Waals surface area contributed by atoms with Crippen LogP contribution in [0.25, 0.3) is 11.0 Å². The summed E-state index contributed by atoms with van der Waals surface area (Å²) in [4.78, 5) is 11.8. The van der Waals surface area contributed by atoms with Crippen LogP contribution in [0.2, 0.25) is 0 Å². The van der Waals surface area contributed by atoms with E-state index in [2.05, 4.69) is 0 Å². The second kappa shape index (κ2) is 4.49. The highest BCUT2D eigenvalue weighted by Gasteiger charge is 2.08. The van der Waals surface area contributed by atoms with Gasteiger partial charge in [0.1, 0.15) is 5.58 Å². The van der Waals surface area contributed by atoms with Gasteiger partial charge in [-0.2, -0.15) is 0 Å². The number of carbonyl (C=O) groups excluding carboxylic acids is 1. The van der Waals surface area contributed by atoms with E-state index in [-0.39, 0.29) is 5.78 Å². The number of aryl methyl sites for hydroxylation is 1. The summed E-state index contributed by atoms with van der Waals surface area (Å²) in [7, 11) is 0. The average molecular weight is 217 g/mol. The molecule has 0 atom stereocenters. The number of carbonyl (C=O) groups is 1. The van der Waals surface area contributed by atoms with Crippen molar-refractivity contribution < 1.29 is 9.21 Å². The average Bonchev–Trinajstić information content (AvgIpc) is 2.67. The second-order valence-electron chi connectivity index (χ2n) is 3.95. The highest BCUT2D eigenvalue weighted by Crippen LogP contribution is 2.22. The largest absolute Gasteiger partial charge is 0.464 e. The van der Waals surface area contributed by atoms with Crippen LogP contribution >= 0.6 is 0 Å². The third-order valence-electron chi connectivity index (χ3n) is 2.70. The van der Waals surface area contributed by atoms with Crippen LogP contribution in [0, 0.1) is 6.92 Å². The highest BCUT2D eigenvalue weighted by atomic mass is 16.3. The molecule has 0 aliphatic heterocycles. The van der Waals surface area contributed by atoms with Crippen LogP contribution in [0.15, 0.2) is 28.9 Å². The summed E-state index contributed by atoms with van der Waals surface area (Å²) >= 11 is 0. The molecular formula is C13H15NO2. The van der Waals surface area contributed by atoms with E-state index in [1.54, 1.807) is 6.26 Å². The Hall–Kier alpha value is -1.61. The maximum Gasteiger partial charge on any atom is 0.162 e. The molecule has 2 aromatic rings. The molecular weight excluding hydrogens is 202 g/mol. The Labute approximate surface area is 94.2 Å². The summed E-state index contributed by atoms with van der Waals surface area (Å²) < 4.78 is 5.33. The number of benzene rings is 1. The minimum absolute atomic E-state index is 0.146. The Morgan fingerprint density at radius 3 is 3.00 bits per heavy atom. The van der Waals surface area contributed by atoms with Gasteiger partial charge in [0, 0.05) is 17.4 Å². The van der Waals surface area contributed by atoms with Gasteiger partial charge in [-0.3, -0.25) is 4.79 Å². The van der Waals surface area contributed by atoms with Crippen LogP contribution in [0.3, 0.4) is 0 Å². The smallest absolute Gasteiger partial charge is 0.162 e. The van der Waals surface area contributed by atoms with Crippen molar-refractivity contribution in [3.05, 3.63) is 35.6 Å². The zero-order valence-electron chi connectivity index (χ0n) is 9.32. The molecule has 16 heavy (non-hydrogen) atoms. The Bertz CT molecular complexity index is 514. The minimum Gasteiger partial charge on any atom is -0.464 e. The van der Waals surface area contributed by atoms with E-state index in [4.69, 9.17) is 10.2 Å². The molecule has 0 aliphatic rings. The van der Waals surface area contributed by atoms with E-state index < -0.39 is 0 Å². The monoisotopic (exact) mass is 217 g/mol. The van der Waals surface area contributed by atoms with Gasteiger partial charge in [-0.25, -0.2) is 0 Å². The van der Waals surface area contributed by atoms with Gasteiger partial charge in [-0.05, 0) is 43.7 Å². The summed E-state index contributed by atoms with van der Waals surface area (Å²) in [6.45, 7) is 2.53. The lowest BCUT2D eigenvalue weighted by atomic mass is 10.0. The predicted molar refractivity (Wildman–Crippen MR) is 63.6 cm³/mol. The van der Waals surface area contributed by atoms with Gasteiger partial charge in [0.15, 0.2) is 5.78 Å². The van der Waals surface area contributed by atoms with Crippen LogP contribution < -0.4 is 5.73 Å². The molecule has 2 rings (SSSR count). The molecule has 0 fully saturated rings. The molecule has 0 bridgehead atoms. The Morgan fingerprint density at radius 1 is 1.44 bits per heavy atom. The van der Waals surface area contributed by atoms with Crippen molar-refractivity contribution >= 4 is 16.8 Å². The van der Waals surface area contributed by atoms with Crippen molar-refractivity contribution in [1.29, 1.82) is 0 Å². The highest BCUT2D eigenvalue weighted by molar-refractivity contribution is 5.99. The number of rotatable bonds is 4. The fraction of sp³-hybridized carbons (Fsp3) is 0.308. The summed E-state index contributed by atoms with van der Waals surface area (Å²) in [6.07, 6.45) is 2.96. The number of hydrogen-bond acceptors (Lipinski definition) is 3. The Balaban J connectivity index is 2.31. The van der Waals surface area contributed by atoms with Gasteiger partial charge in [-0.15, -0.1) is 0 Å². The van der Waals surface area contributed by atoms with E-state index in [1.807, 2.05) is 25.1 Å². The van der Waals surface area contributed by atoms with Crippen LogP contribution in [0.5, 0.6) is 0 Å². The molecule has 0 radical (unpaired) electrons. The van der Waals surface area contributed by atoms with Gasteiger partial charge in [0.2, 0.25) is 0 Å². The first kappa shape index (κ1) is 10.9. The van der Waals surface area contributed by atoms with Crippen LogP contribution in [0.4, 0.5) is 0 Å². The molecule has 0 saturated carbocycles. The van der Waals surface area contributed by atoms with E-state index in [0.29, 0.717) is 13.0 Å². The lowest BCUT2D eigenvalue weighted by Gasteiger charge is -2.00. The molecule has 0 saturated heterocycles. The molecule has 84 valence electrons. The number of hydrogen-bond donors (Lipinski definition) is 1. The van der Waals surface area contributed by atoms with E-state index in [0.717, 1.165) is 28.5 Å². The summed E-state index contributed by atoms with van der Waals surface area (Å²) in [5, 5.41) is 1.01. The number of fused-ring (bicyclic) bond motifs is 1. The fourth-order valence-corrected chi connectivity index (χ4v) is 1.74. The van der Waals surface area contributed by atoms with Crippen molar-refractivity contribution in [3.8, 4) is 0 Å². The first-order valence-corrected chi connectivity index (χ1v) is 5.43. The number of furan rings is 1. The fourth-order valence-electron chi connectivity index (χ4n) is 1.74. The SMILES string of the molecule is Cc1coc2ccc(C(=O)CCCN)cc12. The summed E-state index contributed by atoms with van der Waals surface area (Å²) in [5.41, 5.74) is 8.01. The third-order valence-corrected chi connectivity index (χ3v) is 2.70. The third kappa shape index (κ3) is 1.99. The van der Waals surface area contributed by atoms with Gasteiger partial charge in [0.25, 0.3) is 0 Å². The Morgan fingerprint density at radius 2 is 2.25 bits per heavy atom. The summed E-state index contributed by atoms with van der Waals surface area (Å²) in [5.74, 6) is 0.146. The quantitative estimate of drug-likeness (QED) is 0.801. The zero-order valence-corrected chi connectivity index (χ0v) is 9.32. The molecule has 1 heterocycles. The van der Waals surface area contributed by atoms with Gasteiger partial charge >= 0.3 is 0 Å². The standard InChI is InChI=1S/C13H15NO2/c1-9-8-16-13-5-4-10(7-11(9)13)12(15)3-2-6-14/h4-5,7-8H,2-3,6,14H2,1H3. The van der Waals surface area contributed by atoms with Crippen molar-refractivity contribution in [3.63, 3.8) is 0 Å². The van der Waals surface area contributed by atoms with Crippen LogP contribution in [-0.4, -0.2) is 12.3 Å². The topological polar surface area (TPSA) is 56.2 Å².